The minimum atomic E-state index is -0.0924. The van der Waals surface area contributed by atoms with Crippen molar-refractivity contribution in [3.8, 4) is 0 Å². The molecule has 1 aliphatic heterocycles. The van der Waals surface area contributed by atoms with Gasteiger partial charge in [-0.15, -0.1) is 0 Å². The van der Waals surface area contributed by atoms with Crippen LogP contribution in [0, 0.1) is 0 Å². The highest BCUT2D eigenvalue weighted by Crippen LogP contribution is 2.33. The summed E-state index contributed by atoms with van der Waals surface area (Å²) in [4.78, 5) is 28.8. The lowest BCUT2D eigenvalue weighted by molar-refractivity contribution is 0.0517. The number of hydrogen-bond donors (Lipinski definition) is 0. The van der Waals surface area contributed by atoms with Crippen molar-refractivity contribution in [2.24, 2.45) is 0 Å². The molecule has 0 atom stereocenters. The quantitative estimate of drug-likeness (QED) is 0.173. The number of amides is 2. The van der Waals surface area contributed by atoms with Crippen molar-refractivity contribution >= 4 is 22.6 Å². The van der Waals surface area contributed by atoms with E-state index in [1.807, 2.05) is 36.4 Å². The maximum atomic E-state index is 13.6. The fourth-order valence-corrected chi connectivity index (χ4v) is 5.46. The highest BCUT2D eigenvalue weighted by molar-refractivity contribution is 6.25. The molecule has 0 fully saturated rings. The monoisotopic (exact) mass is 463 g/mol. The van der Waals surface area contributed by atoms with Gasteiger partial charge < -0.3 is 0 Å². The Morgan fingerprint density at radius 2 is 1.00 bits per heavy atom. The first-order chi connectivity index (χ1) is 16.7. The predicted octanol–water partition coefficient (Wildman–Crippen LogP) is 9.09. The Kier molecular flexibility index (Phi) is 11.1. The molecule has 1 heterocycles. The van der Waals surface area contributed by atoms with Gasteiger partial charge in [0, 0.05) is 22.6 Å². The molecule has 3 rings (SSSR count). The van der Waals surface area contributed by atoms with E-state index in [-0.39, 0.29) is 17.9 Å². The van der Waals surface area contributed by atoms with Gasteiger partial charge in [0.25, 0.3) is 11.8 Å². The van der Waals surface area contributed by atoms with Crippen LogP contribution in [0.25, 0.3) is 10.8 Å². The first kappa shape index (κ1) is 26.4. The molecule has 2 aromatic carbocycles. The van der Waals surface area contributed by atoms with E-state index in [2.05, 4.69) is 13.8 Å². The van der Waals surface area contributed by atoms with Crippen molar-refractivity contribution in [3.05, 3.63) is 47.5 Å². The SMILES string of the molecule is CCCCCCCCCC(CCCCCCCCC)N1C(=O)c2cccc3cccc(c23)C1=O. The van der Waals surface area contributed by atoms with Crippen LogP contribution in [0.2, 0.25) is 0 Å². The molecule has 0 saturated heterocycles. The number of hydrogen-bond acceptors (Lipinski definition) is 2. The average molecular weight is 464 g/mol. The third-order valence-electron chi connectivity index (χ3n) is 7.45. The summed E-state index contributed by atoms with van der Waals surface area (Å²) in [5, 5.41) is 1.81. The normalized spacial score (nSPS) is 13.4. The lowest BCUT2D eigenvalue weighted by Crippen LogP contribution is -2.47. The third kappa shape index (κ3) is 6.93. The van der Waals surface area contributed by atoms with E-state index in [4.69, 9.17) is 0 Å². The number of carbonyl (C=O) groups is 2. The highest BCUT2D eigenvalue weighted by Gasteiger charge is 2.36. The van der Waals surface area contributed by atoms with Crippen LogP contribution < -0.4 is 0 Å². The van der Waals surface area contributed by atoms with Crippen LogP contribution in [0.1, 0.15) is 137 Å². The van der Waals surface area contributed by atoms with Crippen LogP contribution in [0.3, 0.4) is 0 Å². The van der Waals surface area contributed by atoms with Crippen LogP contribution in [0.5, 0.6) is 0 Å². The first-order valence-corrected chi connectivity index (χ1v) is 14.1. The van der Waals surface area contributed by atoms with Crippen LogP contribution in [0.15, 0.2) is 36.4 Å². The molecular formula is C31H45NO2. The second-order valence-electron chi connectivity index (χ2n) is 10.2. The van der Waals surface area contributed by atoms with Gasteiger partial charge in [-0.2, -0.15) is 0 Å². The van der Waals surface area contributed by atoms with Crippen molar-refractivity contribution in [2.45, 2.75) is 123 Å². The highest BCUT2D eigenvalue weighted by atomic mass is 16.2. The lowest BCUT2D eigenvalue weighted by atomic mass is 9.91. The number of carbonyl (C=O) groups excluding carboxylic acids is 2. The molecule has 0 radical (unpaired) electrons. The minimum Gasteiger partial charge on any atom is -0.271 e. The number of nitrogens with zero attached hydrogens (tertiary/aromatic N) is 1. The van der Waals surface area contributed by atoms with Gasteiger partial charge in [-0.3, -0.25) is 14.5 Å². The summed E-state index contributed by atoms with van der Waals surface area (Å²) < 4.78 is 0. The Morgan fingerprint density at radius 1 is 0.588 bits per heavy atom. The van der Waals surface area contributed by atoms with Gasteiger partial charge >= 0.3 is 0 Å². The van der Waals surface area contributed by atoms with Crippen LogP contribution >= 0.6 is 0 Å². The second kappa shape index (κ2) is 14.3. The fraction of sp³-hybridized carbons (Fsp3) is 0.613. The Balaban J connectivity index is 1.66. The molecule has 0 aromatic heterocycles. The van der Waals surface area contributed by atoms with Gasteiger partial charge in [0.1, 0.15) is 0 Å². The standard InChI is InChI=1S/C31H45NO2/c1-3-5-7-9-11-13-15-21-26(22-16-14-12-10-8-6-4-2)32-30(33)27-23-17-19-25-20-18-24-28(29(25)27)31(32)34/h17-20,23-24,26H,3-16,21-22H2,1-2H3. The Hall–Kier alpha value is -2.16. The summed E-state index contributed by atoms with van der Waals surface area (Å²) in [7, 11) is 0. The van der Waals surface area contributed by atoms with Crippen molar-refractivity contribution in [1.29, 1.82) is 0 Å². The molecule has 186 valence electrons. The van der Waals surface area contributed by atoms with Crippen LogP contribution in [0.4, 0.5) is 0 Å². The lowest BCUT2D eigenvalue weighted by Gasteiger charge is -2.34. The smallest absolute Gasteiger partial charge is 0.261 e. The largest absolute Gasteiger partial charge is 0.271 e. The van der Waals surface area contributed by atoms with Crippen molar-refractivity contribution in [1.82, 2.24) is 4.90 Å². The van der Waals surface area contributed by atoms with Gasteiger partial charge in [-0.05, 0) is 30.4 Å². The van der Waals surface area contributed by atoms with E-state index in [9.17, 15) is 9.59 Å². The van der Waals surface area contributed by atoms with Gasteiger partial charge in [-0.1, -0.05) is 128 Å². The molecular weight excluding hydrogens is 418 g/mol. The summed E-state index contributed by atoms with van der Waals surface area (Å²) in [5.41, 5.74) is 1.38. The molecule has 2 amide bonds. The third-order valence-corrected chi connectivity index (χ3v) is 7.45. The zero-order chi connectivity index (χ0) is 24.2. The maximum absolute atomic E-state index is 13.6. The molecule has 0 bridgehead atoms. The van der Waals surface area contributed by atoms with E-state index < -0.39 is 0 Å². The molecule has 2 aromatic rings. The van der Waals surface area contributed by atoms with E-state index >= 15 is 0 Å². The van der Waals surface area contributed by atoms with Gasteiger partial charge in [0.15, 0.2) is 0 Å². The molecule has 34 heavy (non-hydrogen) atoms. The van der Waals surface area contributed by atoms with Crippen LogP contribution in [-0.4, -0.2) is 22.8 Å². The predicted molar refractivity (Wildman–Crippen MR) is 143 cm³/mol. The van der Waals surface area contributed by atoms with Crippen molar-refractivity contribution < 1.29 is 9.59 Å². The number of benzene rings is 2. The van der Waals surface area contributed by atoms with Gasteiger partial charge in [0.2, 0.25) is 0 Å². The Labute approximate surface area is 207 Å². The van der Waals surface area contributed by atoms with E-state index in [1.54, 1.807) is 4.90 Å². The summed E-state index contributed by atoms with van der Waals surface area (Å²) >= 11 is 0. The van der Waals surface area contributed by atoms with Gasteiger partial charge in [-0.25, -0.2) is 0 Å². The molecule has 0 unspecified atom stereocenters. The Bertz CT molecular complexity index is 850. The summed E-state index contributed by atoms with van der Waals surface area (Å²) in [6.45, 7) is 4.50. The zero-order valence-corrected chi connectivity index (χ0v) is 21.6. The number of rotatable bonds is 17. The molecule has 3 heteroatoms. The minimum absolute atomic E-state index is 0.00916. The molecule has 0 aliphatic carbocycles. The Morgan fingerprint density at radius 3 is 1.44 bits per heavy atom. The average Bonchev–Trinajstić information content (AvgIpc) is 2.85. The second-order valence-corrected chi connectivity index (χ2v) is 10.2. The molecule has 0 spiro atoms. The summed E-state index contributed by atoms with van der Waals surface area (Å²) in [6, 6.07) is 11.7. The topological polar surface area (TPSA) is 37.4 Å². The van der Waals surface area contributed by atoms with E-state index in [1.165, 1.54) is 77.0 Å². The number of unbranched alkanes of at least 4 members (excludes halogenated alkanes) is 12. The van der Waals surface area contributed by atoms with Crippen molar-refractivity contribution in [3.63, 3.8) is 0 Å². The van der Waals surface area contributed by atoms with Gasteiger partial charge in [0.05, 0.1) is 0 Å². The van der Waals surface area contributed by atoms with E-state index in [0.717, 1.165) is 36.5 Å². The zero-order valence-electron chi connectivity index (χ0n) is 21.6. The molecule has 0 saturated carbocycles. The van der Waals surface area contributed by atoms with Crippen molar-refractivity contribution in [2.75, 3.05) is 0 Å². The molecule has 0 N–H and O–H groups in total. The summed E-state index contributed by atoms with van der Waals surface area (Å²) in [6.07, 6.45) is 19.4. The summed E-state index contributed by atoms with van der Waals surface area (Å²) in [5.74, 6) is -0.185. The first-order valence-electron chi connectivity index (χ1n) is 14.1. The van der Waals surface area contributed by atoms with E-state index in [0.29, 0.717) is 11.1 Å². The fourth-order valence-electron chi connectivity index (χ4n) is 5.46. The number of imide groups is 1. The molecule has 3 nitrogen and oxygen atoms in total. The molecule has 1 aliphatic rings. The maximum Gasteiger partial charge on any atom is 0.261 e. The van der Waals surface area contributed by atoms with Crippen LogP contribution in [-0.2, 0) is 0 Å².